The van der Waals surface area contributed by atoms with E-state index in [-0.39, 0.29) is 34.2 Å². The van der Waals surface area contributed by atoms with Crippen LogP contribution in [0.15, 0.2) is 59.3 Å². The third-order valence-corrected chi connectivity index (χ3v) is 7.33. The molecule has 11 unspecified atom stereocenters. The zero-order valence-electron chi connectivity index (χ0n) is 22.0. The topological polar surface area (TPSA) is 248 Å². The predicted molar refractivity (Wildman–Crippen MR) is 137 cm³/mol. The number of phenolic OH excluding ortho intramolecular Hbond substituents is 2. The zero-order chi connectivity index (χ0) is 30.5. The third-order valence-electron chi connectivity index (χ3n) is 7.33. The second-order valence-corrected chi connectivity index (χ2v) is 10.2. The molecule has 5 rings (SSSR count). The van der Waals surface area contributed by atoms with Crippen LogP contribution in [0, 0.1) is 0 Å². The van der Waals surface area contributed by atoms with Gasteiger partial charge in [-0.1, -0.05) is 0 Å². The molecule has 1 aromatic rings. The first-order valence-corrected chi connectivity index (χ1v) is 13.0. The van der Waals surface area contributed by atoms with Gasteiger partial charge in [-0.2, -0.15) is 0 Å². The average Bonchev–Trinajstić information content (AvgIpc) is 2.96. The van der Waals surface area contributed by atoms with Gasteiger partial charge in [0.2, 0.25) is 12.6 Å². The van der Waals surface area contributed by atoms with E-state index < -0.39 is 85.6 Å². The van der Waals surface area contributed by atoms with Crippen molar-refractivity contribution in [3.05, 3.63) is 64.8 Å². The summed E-state index contributed by atoms with van der Waals surface area (Å²) in [6.07, 6.45) is -12.5. The van der Waals surface area contributed by atoms with Gasteiger partial charge in [-0.3, -0.25) is 0 Å². The Morgan fingerprint density at radius 3 is 2.10 bits per heavy atom. The second-order valence-electron chi connectivity index (χ2n) is 10.2. The summed E-state index contributed by atoms with van der Waals surface area (Å²) in [5, 5.41) is 101. The normalized spacial score (nSPS) is 38.5. The number of aliphatic hydroxyl groups excluding tert-OH is 8. The van der Waals surface area contributed by atoms with Crippen LogP contribution >= 0.6 is 0 Å². The van der Waals surface area contributed by atoms with Crippen molar-refractivity contribution < 1.29 is 74.7 Å². The van der Waals surface area contributed by atoms with Gasteiger partial charge in [-0.15, -0.1) is 0 Å². The quantitative estimate of drug-likeness (QED) is 0.161. The molecule has 0 bridgehead atoms. The van der Waals surface area contributed by atoms with Crippen molar-refractivity contribution in [2.45, 2.75) is 74.4 Å². The molecule has 0 radical (unpaired) electrons. The standard InChI is InChI=1S/C27H32O15/c1-9-19(32)21(34)23(36)26(38-9)41-17-7-12-15(39-25(17)10-2-3-13(30)14(31)4-10)5-11(29)6-16(12)40-27-24(37)22(35)20(33)18(8-28)42-27/h2-7,9,15,18-24,26-37H,8H2,1H3. The van der Waals surface area contributed by atoms with Crippen LogP contribution < -0.4 is 0 Å². The molecule has 3 heterocycles. The SMILES string of the molecule is CC1OC(OC2=C(c3ccc(O)c(O)c3)OC3C=C(O)C=C(OC4OC(CO)C(O)C(O)C4O)C3=C2)C(O)C(O)C1O. The minimum Gasteiger partial charge on any atom is -0.508 e. The van der Waals surface area contributed by atoms with E-state index in [4.69, 9.17) is 23.7 Å². The Kier molecular flexibility index (Phi) is 8.39. The number of allylic oxidation sites excluding steroid dienone is 2. The van der Waals surface area contributed by atoms with Crippen molar-refractivity contribution >= 4 is 5.76 Å². The molecule has 11 atom stereocenters. The Hall–Kier alpha value is -3.38. The zero-order valence-corrected chi connectivity index (χ0v) is 22.0. The first kappa shape index (κ1) is 30.1. The van der Waals surface area contributed by atoms with Crippen molar-refractivity contribution in [3.63, 3.8) is 0 Å². The van der Waals surface area contributed by atoms with E-state index in [1.54, 1.807) is 0 Å². The van der Waals surface area contributed by atoms with Crippen molar-refractivity contribution in [1.29, 1.82) is 0 Å². The molecule has 230 valence electrons. The summed E-state index contributed by atoms with van der Waals surface area (Å²) in [6, 6.07) is 3.74. The number of phenols is 2. The molecule has 15 nitrogen and oxygen atoms in total. The molecular formula is C27H32O15. The van der Waals surface area contributed by atoms with Crippen molar-refractivity contribution in [2.24, 2.45) is 0 Å². The lowest BCUT2D eigenvalue weighted by molar-refractivity contribution is -0.291. The maximum Gasteiger partial charge on any atom is 0.229 e. The monoisotopic (exact) mass is 596 g/mol. The molecule has 0 aromatic heterocycles. The van der Waals surface area contributed by atoms with E-state index in [0.717, 1.165) is 6.08 Å². The van der Waals surface area contributed by atoms with E-state index in [1.807, 2.05) is 0 Å². The summed E-state index contributed by atoms with van der Waals surface area (Å²) in [6.45, 7) is 0.759. The molecule has 1 aliphatic carbocycles. The van der Waals surface area contributed by atoms with E-state index in [0.29, 0.717) is 0 Å². The van der Waals surface area contributed by atoms with Gasteiger partial charge in [-0.05, 0) is 31.2 Å². The first-order valence-electron chi connectivity index (χ1n) is 13.0. The highest BCUT2D eigenvalue weighted by atomic mass is 16.7. The molecule has 2 fully saturated rings. The van der Waals surface area contributed by atoms with Crippen molar-refractivity contribution in [3.8, 4) is 11.5 Å². The van der Waals surface area contributed by atoms with Crippen LogP contribution in [0.2, 0.25) is 0 Å². The molecule has 10 N–H and O–H groups in total. The predicted octanol–water partition coefficient (Wildman–Crippen LogP) is -1.91. The molecule has 2 saturated heterocycles. The minimum atomic E-state index is -1.76. The van der Waals surface area contributed by atoms with Crippen LogP contribution in [0.4, 0.5) is 0 Å². The molecule has 0 amide bonds. The van der Waals surface area contributed by atoms with Crippen LogP contribution in [0.1, 0.15) is 12.5 Å². The number of hydrogen-bond donors (Lipinski definition) is 10. The highest BCUT2D eigenvalue weighted by molar-refractivity contribution is 5.70. The second kappa shape index (κ2) is 11.7. The molecule has 3 aliphatic heterocycles. The Morgan fingerprint density at radius 2 is 1.43 bits per heavy atom. The summed E-state index contributed by atoms with van der Waals surface area (Å²) >= 11 is 0. The first-order chi connectivity index (χ1) is 19.9. The molecule has 42 heavy (non-hydrogen) atoms. The number of aromatic hydroxyl groups is 2. The van der Waals surface area contributed by atoms with E-state index in [9.17, 15) is 51.1 Å². The van der Waals surface area contributed by atoms with Gasteiger partial charge in [0.05, 0.1) is 12.7 Å². The number of fused-ring (bicyclic) bond motifs is 1. The number of ether oxygens (including phenoxy) is 5. The fraction of sp³-hybridized carbons (Fsp3) is 0.481. The lowest BCUT2D eigenvalue weighted by Crippen LogP contribution is -2.59. The van der Waals surface area contributed by atoms with Crippen LogP contribution in [-0.4, -0.2) is 125 Å². The van der Waals surface area contributed by atoms with Crippen molar-refractivity contribution in [1.82, 2.24) is 0 Å². The Balaban J connectivity index is 1.53. The van der Waals surface area contributed by atoms with Gasteiger partial charge < -0.3 is 74.7 Å². The molecule has 1 aromatic carbocycles. The molecule has 0 spiro atoms. The largest absolute Gasteiger partial charge is 0.508 e. The Labute approximate surface area is 238 Å². The van der Waals surface area contributed by atoms with Gasteiger partial charge in [0, 0.05) is 23.3 Å². The number of hydrogen-bond acceptors (Lipinski definition) is 15. The van der Waals surface area contributed by atoms with Crippen LogP contribution in [0.25, 0.3) is 5.76 Å². The third kappa shape index (κ3) is 5.54. The maximum absolute atomic E-state index is 10.5. The highest BCUT2D eigenvalue weighted by Gasteiger charge is 2.47. The lowest BCUT2D eigenvalue weighted by Gasteiger charge is -2.41. The smallest absolute Gasteiger partial charge is 0.229 e. The number of rotatable bonds is 6. The van der Waals surface area contributed by atoms with Crippen LogP contribution in [-0.2, 0) is 23.7 Å². The number of aliphatic hydroxyl groups is 8. The van der Waals surface area contributed by atoms with Crippen LogP contribution in [0.3, 0.4) is 0 Å². The highest BCUT2D eigenvalue weighted by Crippen LogP contribution is 2.41. The number of benzene rings is 1. The van der Waals surface area contributed by atoms with Gasteiger partial charge in [0.15, 0.2) is 23.0 Å². The fourth-order valence-electron chi connectivity index (χ4n) is 4.88. The van der Waals surface area contributed by atoms with Gasteiger partial charge in [0.25, 0.3) is 0 Å². The van der Waals surface area contributed by atoms with E-state index >= 15 is 0 Å². The van der Waals surface area contributed by atoms with Gasteiger partial charge >= 0.3 is 0 Å². The van der Waals surface area contributed by atoms with Gasteiger partial charge in [-0.25, -0.2) is 0 Å². The van der Waals surface area contributed by atoms with E-state index in [2.05, 4.69) is 0 Å². The molecular weight excluding hydrogens is 564 g/mol. The summed E-state index contributed by atoms with van der Waals surface area (Å²) in [7, 11) is 0. The maximum atomic E-state index is 10.5. The molecule has 0 saturated carbocycles. The minimum absolute atomic E-state index is 0.0544. The van der Waals surface area contributed by atoms with Crippen LogP contribution in [0.5, 0.6) is 11.5 Å². The summed E-state index contributed by atoms with van der Waals surface area (Å²) in [4.78, 5) is 0. The molecule has 15 heteroatoms. The Bertz CT molecular complexity index is 1300. The lowest BCUT2D eigenvalue weighted by atomic mass is 9.96. The average molecular weight is 597 g/mol. The summed E-state index contributed by atoms with van der Waals surface area (Å²) in [5.41, 5.74) is 0.360. The molecule has 4 aliphatic rings. The van der Waals surface area contributed by atoms with Gasteiger partial charge in [0.1, 0.15) is 60.4 Å². The summed E-state index contributed by atoms with van der Waals surface area (Å²) in [5.74, 6) is -1.56. The summed E-state index contributed by atoms with van der Waals surface area (Å²) < 4.78 is 28.7. The van der Waals surface area contributed by atoms with Crippen molar-refractivity contribution in [2.75, 3.05) is 6.61 Å². The Morgan fingerprint density at radius 1 is 0.762 bits per heavy atom. The fourth-order valence-corrected chi connectivity index (χ4v) is 4.88. The van der Waals surface area contributed by atoms with E-state index in [1.165, 1.54) is 37.3 Å².